The van der Waals surface area contributed by atoms with E-state index < -0.39 is 0 Å². The molecule has 0 bridgehead atoms. The molecule has 0 aliphatic carbocycles. The normalized spacial score (nSPS) is 21.4. The van der Waals surface area contributed by atoms with Gasteiger partial charge in [0.25, 0.3) is 0 Å². The molecular weight excluding hydrogens is 446 g/mol. The molecule has 0 fully saturated rings. The number of ketones is 1. The van der Waals surface area contributed by atoms with Crippen molar-refractivity contribution >= 4 is 5.78 Å². The Morgan fingerprint density at radius 2 is 1.50 bits per heavy atom. The lowest BCUT2D eigenvalue weighted by atomic mass is 9.84. The summed E-state index contributed by atoms with van der Waals surface area (Å²) in [5.74, 6) is 1.90. The topological polar surface area (TPSA) is 38.8 Å². The Balaban J connectivity index is 1.51. The summed E-state index contributed by atoms with van der Waals surface area (Å²) in [6.07, 6.45) is 5.19. The molecule has 2 atom stereocenters. The lowest BCUT2D eigenvalue weighted by Crippen LogP contribution is -2.44. The molecule has 0 saturated heterocycles. The highest BCUT2D eigenvalue weighted by Gasteiger charge is 2.35. The third-order valence-electron chi connectivity index (χ3n) is 7.43. The molecule has 0 amide bonds. The Labute approximate surface area is 214 Å². The number of hydrogen-bond acceptors (Lipinski definition) is 4. The van der Waals surface area contributed by atoms with Crippen LogP contribution < -0.4 is 9.47 Å². The number of hydrogen-bond donors (Lipinski definition) is 0. The van der Waals surface area contributed by atoms with Gasteiger partial charge in [0.15, 0.2) is 11.5 Å². The maximum atomic E-state index is 12.5. The summed E-state index contributed by atoms with van der Waals surface area (Å²) in [4.78, 5) is 15.0. The second-order valence-corrected chi connectivity index (χ2v) is 9.89. The molecule has 2 aliphatic rings. The average molecular weight is 482 g/mol. The fraction of sp³-hybridized carbons (Fsp3) is 0.344. The van der Waals surface area contributed by atoms with Crippen LogP contribution in [0.25, 0.3) is 0 Å². The lowest BCUT2D eigenvalue weighted by Gasteiger charge is -2.43. The second kappa shape index (κ2) is 11.1. The van der Waals surface area contributed by atoms with E-state index in [1.165, 1.54) is 16.7 Å². The smallest absolute Gasteiger partial charge is 0.162 e. The van der Waals surface area contributed by atoms with Crippen molar-refractivity contribution in [2.75, 3.05) is 6.54 Å². The molecule has 0 radical (unpaired) electrons. The number of nitrogens with zero attached hydrogens (tertiary/aromatic N) is 1. The van der Waals surface area contributed by atoms with Crippen molar-refractivity contribution in [2.24, 2.45) is 0 Å². The monoisotopic (exact) mass is 481 g/mol. The molecule has 2 heterocycles. The summed E-state index contributed by atoms with van der Waals surface area (Å²) in [5, 5.41) is 0. The van der Waals surface area contributed by atoms with Gasteiger partial charge in [0.05, 0.1) is 6.04 Å². The maximum Gasteiger partial charge on any atom is 0.162 e. The summed E-state index contributed by atoms with van der Waals surface area (Å²) in [6, 6.07) is 25.3. The van der Waals surface area contributed by atoms with E-state index >= 15 is 0 Å². The van der Waals surface area contributed by atoms with Crippen molar-refractivity contribution in [1.82, 2.24) is 4.90 Å². The highest BCUT2D eigenvalue weighted by molar-refractivity contribution is 5.80. The van der Waals surface area contributed by atoms with Crippen LogP contribution in [-0.4, -0.2) is 23.3 Å². The number of carbonyl (C=O) groups is 1. The van der Waals surface area contributed by atoms with Gasteiger partial charge in [-0.3, -0.25) is 9.69 Å². The molecule has 0 spiro atoms. The van der Waals surface area contributed by atoms with Crippen LogP contribution in [0.3, 0.4) is 0 Å². The minimum absolute atomic E-state index is 0.161. The van der Waals surface area contributed by atoms with Crippen molar-refractivity contribution in [3.8, 4) is 11.5 Å². The predicted molar refractivity (Wildman–Crippen MR) is 143 cm³/mol. The number of fused-ring (bicyclic) bond motifs is 3. The Hall–Kier alpha value is -3.37. The van der Waals surface area contributed by atoms with Crippen molar-refractivity contribution in [2.45, 2.75) is 64.8 Å². The van der Waals surface area contributed by atoms with Crippen molar-refractivity contribution in [3.63, 3.8) is 0 Å². The van der Waals surface area contributed by atoms with E-state index in [0.717, 1.165) is 42.0 Å². The first kappa shape index (κ1) is 24.3. The number of rotatable bonds is 7. The Morgan fingerprint density at radius 1 is 0.889 bits per heavy atom. The number of benzene rings is 3. The number of ether oxygens (including phenoxy) is 2. The molecule has 0 aromatic heterocycles. The van der Waals surface area contributed by atoms with E-state index in [1.54, 1.807) is 0 Å². The van der Waals surface area contributed by atoms with E-state index in [-0.39, 0.29) is 12.1 Å². The van der Waals surface area contributed by atoms with E-state index in [9.17, 15) is 4.79 Å². The van der Waals surface area contributed by atoms with Crippen molar-refractivity contribution in [1.29, 1.82) is 0 Å². The van der Waals surface area contributed by atoms with Crippen molar-refractivity contribution < 1.29 is 14.3 Å². The number of carbonyl (C=O) groups excluding carboxylic acids is 1. The average Bonchev–Trinajstić information content (AvgIpc) is 2.92. The summed E-state index contributed by atoms with van der Waals surface area (Å²) in [5.41, 5.74) is 6.08. The summed E-state index contributed by atoms with van der Waals surface area (Å²) >= 11 is 0. The molecule has 36 heavy (non-hydrogen) atoms. The van der Waals surface area contributed by atoms with E-state index in [4.69, 9.17) is 9.47 Å². The van der Waals surface area contributed by atoms with Gasteiger partial charge in [-0.25, -0.2) is 0 Å². The molecule has 4 nitrogen and oxygen atoms in total. The van der Waals surface area contributed by atoms with E-state index in [1.807, 2.05) is 36.4 Å². The fourth-order valence-electron chi connectivity index (χ4n) is 5.47. The maximum absolute atomic E-state index is 12.5. The standard InChI is InChI=1S/C32H35NO3/c1-3-27-19-28(34)15-14-23(2)32-29-20-31(36-22-25-12-8-5-9-13-25)30(18-26(29)16-17-33(27)32)35-21-24-10-6-4-7-11-24/h4-14,18,20,27,32H,3,15-17,19,21-22H2,1-2H3/b23-14-/t27-,32+/m1/s1. The van der Waals surface area contributed by atoms with E-state index in [2.05, 4.69) is 61.2 Å². The predicted octanol–water partition coefficient (Wildman–Crippen LogP) is 6.83. The summed E-state index contributed by atoms with van der Waals surface area (Å²) < 4.78 is 12.7. The van der Waals surface area contributed by atoms with Gasteiger partial charge < -0.3 is 9.47 Å². The zero-order chi connectivity index (χ0) is 24.9. The zero-order valence-electron chi connectivity index (χ0n) is 21.3. The molecule has 5 rings (SSSR count). The van der Waals surface area contributed by atoms with Gasteiger partial charge in [-0.2, -0.15) is 0 Å². The van der Waals surface area contributed by atoms with Gasteiger partial charge in [0.2, 0.25) is 0 Å². The van der Waals surface area contributed by atoms with Crippen LogP contribution in [0, 0.1) is 0 Å². The minimum Gasteiger partial charge on any atom is -0.485 e. The molecule has 3 aromatic rings. The SMILES string of the molecule is CC[C@@H]1CC(=O)C/C=C(/C)[C@H]2c3cc(OCc4ccccc4)c(OCc4ccccc4)cc3CCN12. The Bertz CT molecular complexity index is 1220. The largest absolute Gasteiger partial charge is 0.485 e. The molecule has 0 saturated carbocycles. The van der Waals surface area contributed by atoms with Crippen LogP contribution in [0.5, 0.6) is 11.5 Å². The summed E-state index contributed by atoms with van der Waals surface area (Å²) in [6.45, 7) is 6.28. The highest BCUT2D eigenvalue weighted by Crippen LogP contribution is 2.43. The molecular formula is C32H35NO3. The van der Waals surface area contributed by atoms with Gasteiger partial charge >= 0.3 is 0 Å². The molecule has 4 heteroatoms. The van der Waals surface area contributed by atoms with Gasteiger partial charge in [-0.1, -0.05) is 79.2 Å². The number of allylic oxidation sites excluding steroid dienone is 1. The van der Waals surface area contributed by atoms with Gasteiger partial charge in [0.1, 0.15) is 19.0 Å². The number of Topliss-reactive ketones (excluding diaryl/α,β-unsaturated/α-hetero) is 1. The quantitative estimate of drug-likeness (QED) is 0.347. The summed E-state index contributed by atoms with van der Waals surface area (Å²) in [7, 11) is 0. The minimum atomic E-state index is 0.161. The van der Waals surface area contributed by atoms with Gasteiger partial charge in [0, 0.05) is 25.4 Å². The molecule has 0 unspecified atom stereocenters. The highest BCUT2D eigenvalue weighted by atomic mass is 16.5. The molecule has 2 aliphatic heterocycles. The Morgan fingerprint density at radius 3 is 2.11 bits per heavy atom. The first-order valence-corrected chi connectivity index (χ1v) is 13.1. The van der Waals surface area contributed by atoms with Gasteiger partial charge in [-0.05, 0) is 54.2 Å². The van der Waals surface area contributed by atoms with E-state index in [0.29, 0.717) is 31.8 Å². The van der Waals surface area contributed by atoms with Crippen LogP contribution in [0.1, 0.15) is 61.4 Å². The fourth-order valence-corrected chi connectivity index (χ4v) is 5.47. The van der Waals surface area contributed by atoms with Gasteiger partial charge in [-0.15, -0.1) is 0 Å². The first-order valence-electron chi connectivity index (χ1n) is 13.1. The first-order chi connectivity index (χ1) is 17.6. The van der Waals surface area contributed by atoms with Crippen LogP contribution in [0.15, 0.2) is 84.4 Å². The van der Waals surface area contributed by atoms with Crippen LogP contribution in [0.4, 0.5) is 0 Å². The van der Waals surface area contributed by atoms with Crippen LogP contribution >= 0.6 is 0 Å². The third kappa shape index (κ3) is 5.39. The Kier molecular flexibility index (Phi) is 7.52. The van der Waals surface area contributed by atoms with Crippen LogP contribution in [0.2, 0.25) is 0 Å². The molecule has 3 aromatic carbocycles. The molecule has 186 valence electrons. The van der Waals surface area contributed by atoms with Crippen molar-refractivity contribution in [3.05, 3.63) is 107 Å². The zero-order valence-corrected chi connectivity index (χ0v) is 21.3. The molecule has 0 N–H and O–H groups in total. The second-order valence-electron chi connectivity index (χ2n) is 9.89. The third-order valence-corrected chi connectivity index (χ3v) is 7.43. The lowest BCUT2D eigenvalue weighted by molar-refractivity contribution is -0.120. The van der Waals surface area contributed by atoms with Crippen LogP contribution in [-0.2, 0) is 24.4 Å².